The third-order valence-electron chi connectivity index (χ3n) is 0. The van der Waals surface area contributed by atoms with Crippen molar-refractivity contribution in [2.45, 2.75) is 0 Å². The van der Waals surface area contributed by atoms with E-state index in [4.69, 9.17) is 0 Å². The number of rotatable bonds is 0. The van der Waals surface area contributed by atoms with Gasteiger partial charge in [0.1, 0.15) is 0 Å². The minimum atomic E-state index is 0. The second-order valence-electron chi connectivity index (χ2n) is 0. The van der Waals surface area contributed by atoms with E-state index in [9.17, 15) is 0 Å². The molecular weight excluding hydrogens is 330 g/mol. The largest absolute Gasteiger partial charge is 0 e. The third-order valence-corrected chi connectivity index (χ3v) is 0. The molecular formula is CeTiVZr. The summed E-state index contributed by atoms with van der Waals surface area (Å²) in [6, 6.07) is 0. The normalized spacial score (nSPS) is 0. The van der Waals surface area contributed by atoms with Crippen LogP contribution in [0.4, 0.5) is 0 Å². The zero-order valence-corrected chi connectivity index (χ0v) is 10.5. The maximum Gasteiger partial charge on any atom is 0 e. The Morgan fingerprint density at radius 3 is 1.00 bits per heavy atom. The molecule has 1 radical (unpaired) electrons. The molecule has 0 aromatic rings. The minimum absolute atomic E-state index is 0. The molecule has 0 aliphatic rings. The molecule has 4 heavy (non-hydrogen) atoms. The fourth-order valence-corrected chi connectivity index (χ4v) is 0. The molecule has 0 N–H and O–H groups in total. The molecule has 0 amide bonds. The van der Waals surface area contributed by atoms with Crippen molar-refractivity contribution in [1.29, 1.82) is 0 Å². The first-order chi connectivity index (χ1) is 0. The second-order valence-corrected chi connectivity index (χ2v) is 0. The van der Waals surface area contributed by atoms with Gasteiger partial charge in [-0.3, -0.25) is 0 Å². The van der Waals surface area contributed by atoms with Crippen LogP contribution in [-0.2, 0) is 66.5 Å². The van der Waals surface area contributed by atoms with Crippen LogP contribution < -0.4 is 0 Å². The molecule has 0 spiro atoms. The SMILES string of the molecule is [Ce].[Ti].[V].[Zr]. The van der Waals surface area contributed by atoms with Gasteiger partial charge in [-0.2, -0.15) is 0 Å². The average molecular weight is 330 g/mol. The Morgan fingerprint density at radius 2 is 1.00 bits per heavy atom. The predicted octanol–water partition coefficient (Wildman–Crippen LogP) is -0.00750. The molecule has 0 unspecified atom stereocenters. The molecule has 0 aliphatic carbocycles. The minimum Gasteiger partial charge on any atom is 0 e. The topological polar surface area (TPSA) is 0 Å². The maximum absolute atomic E-state index is 0. The fourth-order valence-electron chi connectivity index (χ4n) is 0. The first-order valence-electron chi connectivity index (χ1n) is 0. The third kappa shape index (κ3) is 9.12. The van der Waals surface area contributed by atoms with E-state index in [1.165, 1.54) is 0 Å². The van der Waals surface area contributed by atoms with Crippen LogP contribution in [0.3, 0.4) is 0 Å². The Kier molecular flexibility index (Phi) is 103. The summed E-state index contributed by atoms with van der Waals surface area (Å²) in [5, 5.41) is 0. The number of hydrogen-bond acceptors (Lipinski definition) is 0. The van der Waals surface area contributed by atoms with Gasteiger partial charge in [-0.25, -0.2) is 0 Å². The van der Waals surface area contributed by atoms with Crippen molar-refractivity contribution >= 4 is 0 Å². The van der Waals surface area contributed by atoms with Gasteiger partial charge in [-0.05, 0) is 0 Å². The van der Waals surface area contributed by atoms with Crippen molar-refractivity contribution < 1.29 is 108 Å². The Morgan fingerprint density at radius 1 is 1.00 bits per heavy atom. The van der Waals surface area contributed by atoms with Crippen molar-refractivity contribution in [1.82, 2.24) is 0 Å². The van der Waals surface area contributed by atoms with E-state index in [2.05, 4.69) is 0 Å². The van der Waals surface area contributed by atoms with Crippen LogP contribution in [0.5, 0.6) is 0 Å². The van der Waals surface area contributed by atoms with E-state index < -0.39 is 0 Å². The Labute approximate surface area is 106 Å². The summed E-state index contributed by atoms with van der Waals surface area (Å²) in [5.41, 5.74) is 0. The van der Waals surface area contributed by atoms with Gasteiger partial charge in [-0.15, -0.1) is 0 Å². The van der Waals surface area contributed by atoms with Gasteiger partial charge in [-0.1, -0.05) is 0 Å². The van der Waals surface area contributed by atoms with Crippen LogP contribution in [0.1, 0.15) is 0 Å². The van der Waals surface area contributed by atoms with Crippen LogP contribution >= 0.6 is 0 Å². The maximum atomic E-state index is 0. The van der Waals surface area contributed by atoms with Gasteiger partial charge in [0.05, 0.1) is 0 Å². The van der Waals surface area contributed by atoms with Gasteiger partial charge in [0.25, 0.3) is 0 Å². The second kappa shape index (κ2) is 16.0. The van der Waals surface area contributed by atoms with Crippen molar-refractivity contribution in [3.63, 3.8) is 0 Å². The van der Waals surface area contributed by atoms with Crippen LogP contribution in [0.15, 0.2) is 0 Å². The molecule has 4 heteroatoms. The summed E-state index contributed by atoms with van der Waals surface area (Å²) in [6.07, 6.45) is 0. The Balaban J connectivity index is 0. The zero-order valence-electron chi connectivity index (χ0n) is 1.95. The van der Waals surface area contributed by atoms with E-state index in [1.54, 1.807) is 0 Å². The molecule has 0 rings (SSSR count). The van der Waals surface area contributed by atoms with Gasteiger partial charge < -0.3 is 0 Å². The van der Waals surface area contributed by atoms with Crippen LogP contribution in [0, 0.1) is 41.7 Å². The van der Waals surface area contributed by atoms with E-state index in [-0.39, 0.29) is 108 Å². The molecule has 0 heterocycles. The molecule has 0 fully saturated rings. The molecule has 0 aliphatic heterocycles. The molecule has 17 valence electrons. The Hall–Kier alpha value is 3.56. The fraction of sp³-hybridized carbons (Fsp3) is 0. The van der Waals surface area contributed by atoms with Crippen molar-refractivity contribution in [2.24, 2.45) is 0 Å². The van der Waals surface area contributed by atoms with Crippen LogP contribution in [-0.4, -0.2) is 0 Å². The van der Waals surface area contributed by atoms with Gasteiger partial charge in [0.2, 0.25) is 0 Å². The first kappa shape index (κ1) is 25.7. The van der Waals surface area contributed by atoms with Gasteiger partial charge in [0, 0.05) is 108 Å². The van der Waals surface area contributed by atoms with E-state index >= 15 is 0 Å². The summed E-state index contributed by atoms with van der Waals surface area (Å²) in [6.45, 7) is 0. The molecule has 0 saturated heterocycles. The Bertz CT molecular complexity index is 8.00. The monoisotopic (exact) mass is 329 g/mol. The molecule has 0 aromatic carbocycles. The molecule has 0 bridgehead atoms. The van der Waals surface area contributed by atoms with Crippen molar-refractivity contribution in [3.8, 4) is 0 Å². The molecule has 0 nitrogen and oxygen atoms in total. The zero-order chi connectivity index (χ0) is 0. The van der Waals surface area contributed by atoms with E-state index in [0.717, 1.165) is 0 Å². The van der Waals surface area contributed by atoms with Crippen LogP contribution in [0.25, 0.3) is 0 Å². The molecule has 0 aromatic heterocycles. The average Bonchev–Trinajstić information content (AvgIpc) is 0. The van der Waals surface area contributed by atoms with Crippen LogP contribution in [0.2, 0.25) is 0 Å². The van der Waals surface area contributed by atoms with Gasteiger partial charge in [0.15, 0.2) is 0 Å². The predicted molar refractivity (Wildman–Crippen MR) is 0 cm³/mol. The summed E-state index contributed by atoms with van der Waals surface area (Å²) in [5.74, 6) is 0. The molecule has 0 saturated carbocycles. The smallest absolute Gasteiger partial charge is 0 e. The summed E-state index contributed by atoms with van der Waals surface area (Å²) in [4.78, 5) is 0. The van der Waals surface area contributed by atoms with Gasteiger partial charge >= 0.3 is 0 Å². The quantitative estimate of drug-likeness (QED) is 0.549. The van der Waals surface area contributed by atoms with E-state index in [0.29, 0.717) is 0 Å². The summed E-state index contributed by atoms with van der Waals surface area (Å²) >= 11 is 0. The standard InChI is InChI=1S/Ce.Ti.V.Zr. The summed E-state index contributed by atoms with van der Waals surface area (Å²) < 4.78 is 0. The number of hydrogen-bond donors (Lipinski definition) is 0. The van der Waals surface area contributed by atoms with E-state index in [1.807, 2.05) is 0 Å². The molecule has 0 atom stereocenters. The summed E-state index contributed by atoms with van der Waals surface area (Å²) in [7, 11) is 0. The van der Waals surface area contributed by atoms with Crippen molar-refractivity contribution in [3.05, 3.63) is 0 Å². The van der Waals surface area contributed by atoms with Crippen molar-refractivity contribution in [2.75, 3.05) is 0 Å². The first-order valence-corrected chi connectivity index (χ1v) is 0.